The van der Waals surface area contributed by atoms with Gasteiger partial charge < -0.3 is 10.2 Å². The molecular formula is C11H28N2. The van der Waals surface area contributed by atoms with E-state index in [-0.39, 0.29) is 0 Å². The highest BCUT2D eigenvalue weighted by molar-refractivity contribution is 4.68. The van der Waals surface area contributed by atoms with E-state index in [2.05, 4.69) is 24.1 Å². The molecular weight excluding hydrogens is 160 g/mol. The largest absolute Gasteiger partial charge is 0.323 e. The molecule has 1 aliphatic rings. The molecule has 0 atom stereocenters. The summed E-state index contributed by atoms with van der Waals surface area (Å²) in [5.74, 6) is 0. The normalized spacial score (nSPS) is 15.9. The first kappa shape index (κ1) is 15.4. The molecule has 2 heteroatoms. The average Bonchev–Trinajstić information content (AvgIpc) is 2.61. The number of nitrogens with one attached hydrogen (secondary N) is 1. The molecule has 1 fully saturated rings. The minimum absolute atomic E-state index is 0.775. The lowest BCUT2D eigenvalue weighted by atomic mass is 10.3. The minimum Gasteiger partial charge on any atom is -0.323 e. The van der Waals surface area contributed by atoms with E-state index < -0.39 is 0 Å². The van der Waals surface area contributed by atoms with Crippen molar-refractivity contribution in [2.24, 2.45) is 0 Å². The Morgan fingerprint density at radius 2 is 1.31 bits per heavy atom. The maximum absolute atomic E-state index is 2.75. The minimum atomic E-state index is 0.775. The number of likely N-dealkylation sites (tertiary alicyclic amines) is 1. The third-order valence-corrected chi connectivity index (χ3v) is 1.87. The van der Waals surface area contributed by atoms with Crippen molar-refractivity contribution in [1.82, 2.24) is 10.2 Å². The van der Waals surface area contributed by atoms with Crippen LogP contribution in [0.25, 0.3) is 0 Å². The molecule has 0 saturated carbocycles. The van der Waals surface area contributed by atoms with Crippen LogP contribution in [0.3, 0.4) is 0 Å². The smallest absolute Gasteiger partial charge is 0.00385 e. The molecule has 82 valence electrons. The van der Waals surface area contributed by atoms with Gasteiger partial charge in [-0.1, -0.05) is 13.8 Å². The molecule has 0 aromatic carbocycles. The van der Waals surface area contributed by atoms with Crippen molar-refractivity contribution in [1.29, 1.82) is 0 Å². The van der Waals surface area contributed by atoms with Gasteiger partial charge in [0.05, 0.1) is 0 Å². The van der Waals surface area contributed by atoms with E-state index in [0.29, 0.717) is 0 Å². The Balaban J connectivity index is 0. The Morgan fingerprint density at radius 1 is 1.00 bits per heavy atom. The lowest BCUT2D eigenvalue weighted by Crippen LogP contribution is -2.26. The molecule has 1 rings (SSSR count). The van der Waals surface area contributed by atoms with Crippen LogP contribution in [0.1, 0.15) is 40.5 Å². The van der Waals surface area contributed by atoms with Crippen LogP contribution in [0.5, 0.6) is 0 Å². The molecule has 1 heterocycles. The summed E-state index contributed by atoms with van der Waals surface area (Å²) in [6.07, 6.45) is 2.83. The van der Waals surface area contributed by atoms with Crippen molar-refractivity contribution in [3.8, 4) is 0 Å². The van der Waals surface area contributed by atoms with Gasteiger partial charge in [0.25, 0.3) is 0 Å². The summed E-state index contributed by atoms with van der Waals surface area (Å²) < 4.78 is 0. The van der Waals surface area contributed by atoms with Crippen molar-refractivity contribution in [3.05, 3.63) is 0 Å². The lowest BCUT2D eigenvalue weighted by Gasteiger charge is -2.18. The van der Waals surface area contributed by atoms with Crippen LogP contribution in [0.15, 0.2) is 0 Å². The number of hydrogen-bond donors (Lipinski definition) is 1. The highest BCUT2D eigenvalue weighted by Crippen LogP contribution is 2.09. The van der Waals surface area contributed by atoms with Crippen LogP contribution in [0, 0.1) is 0 Å². The van der Waals surface area contributed by atoms with Crippen LogP contribution in [0.4, 0.5) is 0 Å². The van der Waals surface area contributed by atoms with Crippen LogP contribution in [-0.2, 0) is 0 Å². The molecule has 0 aliphatic carbocycles. The first-order valence-corrected chi connectivity index (χ1v) is 5.55. The molecule has 0 amide bonds. The van der Waals surface area contributed by atoms with Crippen molar-refractivity contribution in [2.45, 2.75) is 46.6 Å². The van der Waals surface area contributed by atoms with Crippen molar-refractivity contribution < 1.29 is 0 Å². The van der Waals surface area contributed by atoms with Gasteiger partial charge >= 0.3 is 0 Å². The fraction of sp³-hybridized carbons (Fsp3) is 1.00. The fourth-order valence-corrected chi connectivity index (χ4v) is 1.26. The molecule has 0 bridgehead atoms. The quantitative estimate of drug-likeness (QED) is 0.679. The zero-order chi connectivity index (χ0) is 10.7. The second-order valence-corrected chi connectivity index (χ2v) is 3.34. The first-order valence-electron chi connectivity index (χ1n) is 5.55. The molecule has 2 nitrogen and oxygen atoms in total. The van der Waals surface area contributed by atoms with Crippen LogP contribution in [-0.4, -0.2) is 38.1 Å². The maximum Gasteiger partial charge on any atom is 0.00385 e. The second kappa shape index (κ2) is 11.9. The van der Waals surface area contributed by atoms with E-state index in [1.807, 2.05) is 27.9 Å². The van der Waals surface area contributed by atoms with Gasteiger partial charge in [-0.05, 0) is 53.9 Å². The number of hydrogen-bond acceptors (Lipinski definition) is 2. The summed E-state index contributed by atoms with van der Waals surface area (Å²) in [6.45, 7) is 11.2. The van der Waals surface area contributed by atoms with E-state index >= 15 is 0 Å². The zero-order valence-corrected chi connectivity index (χ0v) is 10.4. The molecule has 0 radical (unpaired) electrons. The molecule has 0 aromatic heterocycles. The van der Waals surface area contributed by atoms with Crippen LogP contribution >= 0.6 is 0 Å². The van der Waals surface area contributed by atoms with E-state index in [1.54, 1.807) is 0 Å². The SMILES string of the molecule is CC.CC(C)N1CCCC1.CNC. The predicted molar refractivity (Wildman–Crippen MR) is 62.3 cm³/mol. The van der Waals surface area contributed by atoms with E-state index in [0.717, 1.165) is 6.04 Å². The topological polar surface area (TPSA) is 15.3 Å². The van der Waals surface area contributed by atoms with Gasteiger partial charge in [-0.15, -0.1) is 0 Å². The van der Waals surface area contributed by atoms with Crippen molar-refractivity contribution in [3.63, 3.8) is 0 Å². The maximum atomic E-state index is 2.75. The van der Waals surface area contributed by atoms with E-state index in [9.17, 15) is 0 Å². The highest BCUT2D eigenvalue weighted by atomic mass is 15.2. The summed E-state index contributed by atoms with van der Waals surface area (Å²) >= 11 is 0. The summed E-state index contributed by atoms with van der Waals surface area (Å²) in [5, 5.41) is 2.75. The summed E-state index contributed by atoms with van der Waals surface area (Å²) in [6, 6.07) is 0.775. The predicted octanol–water partition coefficient (Wildman–Crippen LogP) is 2.35. The van der Waals surface area contributed by atoms with Gasteiger partial charge in [0.2, 0.25) is 0 Å². The number of nitrogens with zero attached hydrogens (tertiary/aromatic N) is 1. The van der Waals surface area contributed by atoms with Crippen molar-refractivity contribution >= 4 is 0 Å². The standard InChI is InChI=1S/C7H15N.C2H7N.C2H6/c1-7(2)8-5-3-4-6-8;1-3-2;1-2/h7H,3-6H2,1-2H3;3H,1-2H3;1-2H3. The molecule has 1 aliphatic heterocycles. The van der Waals surface area contributed by atoms with Gasteiger partial charge in [0, 0.05) is 6.04 Å². The zero-order valence-electron chi connectivity index (χ0n) is 10.4. The molecule has 0 unspecified atom stereocenters. The molecule has 1 saturated heterocycles. The monoisotopic (exact) mass is 188 g/mol. The van der Waals surface area contributed by atoms with Crippen LogP contribution < -0.4 is 5.32 Å². The van der Waals surface area contributed by atoms with Gasteiger partial charge in [-0.25, -0.2) is 0 Å². The van der Waals surface area contributed by atoms with Gasteiger partial charge in [0.1, 0.15) is 0 Å². The van der Waals surface area contributed by atoms with E-state index in [1.165, 1.54) is 25.9 Å². The Morgan fingerprint density at radius 3 is 1.46 bits per heavy atom. The summed E-state index contributed by atoms with van der Waals surface area (Å²) in [5.41, 5.74) is 0. The molecule has 0 aromatic rings. The van der Waals surface area contributed by atoms with Crippen LogP contribution in [0.2, 0.25) is 0 Å². The Bertz CT molecular complexity index is 76.2. The fourth-order valence-electron chi connectivity index (χ4n) is 1.26. The number of rotatable bonds is 1. The summed E-state index contributed by atoms with van der Waals surface area (Å²) in [7, 11) is 3.75. The summed E-state index contributed by atoms with van der Waals surface area (Å²) in [4.78, 5) is 2.53. The second-order valence-electron chi connectivity index (χ2n) is 3.34. The third-order valence-electron chi connectivity index (χ3n) is 1.87. The highest BCUT2D eigenvalue weighted by Gasteiger charge is 2.13. The van der Waals surface area contributed by atoms with Gasteiger partial charge in [-0.2, -0.15) is 0 Å². The Hall–Kier alpha value is -0.0800. The lowest BCUT2D eigenvalue weighted by molar-refractivity contribution is 0.276. The van der Waals surface area contributed by atoms with Crippen molar-refractivity contribution in [2.75, 3.05) is 27.2 Å². The molecule has 0 spiro atoms. The third kappa shape index (κ3) is 9.84. The van der Waals surface area contributed by atoms with Gasteiger partial charge in [0.15, 0.2) is 0 Å². The molecule has 1 N–H and O–H groups in total. The average molecular weight is 188 g/mol. The Labute approximate surface area is 84.7 Å². The molecule has 13 heavy (non-hydrogen) atoms. The Kier molecular flexibility index (Phi) is 14.1. The van der Waals surface area contributed by atoms with Gasteiger partial charge in [-0.3, -0.25) is 0 Å². The first-order chi connectivity index (χ1) is 6.22. The van der Waals surface area contributed by atoms with E-state index in [4.69, 9.17) is 0 Å².